The minimum absolute atomic E-state index is 0.0548. The molecule has 1 saturated carbocycles. The van der Waals surface area contributed by atoms with Crippen LogP contribution in [0.4, 0.5) is 0 Å². The Bertz CT molecular complexity index is 554. The number of ether oxygens (including phenoxy) is 1. The number of rotatable bonds is 7. The lowest BCUT2D eigenvalue weighted by molar-refractivity contribution is 0.308. The van der Waals surface area contributed by atoms with Gasteiger partial charge in [0.2, 0.25) is 10.0 Å². The summed E-state index contributed by atoms with van der Waals surface area (Å²) in [5.41, 5.74) is 0. The molecule has 1 aliphatic rings. The van der Waals surface area contributed by atoms with Crippen LogP contribution in [0.5, 0.6) is 5.75 Å². The minimum atomic E-state index is -3.44. The Labute approximate surface area is 134 Å². The van der Waals surface area contributed by atoms with Gasteiger partial charge < -0.3 is 4.74 Å². The highest BCUT2D eigenvalue weighted by atomic mass is 32.2. The van der Waals surface area contributed by atoms with Gasteiger partial charge in [-0.15, -0.1) is 0 Å². The van der Waals surface area contributed by atoms with E-state index in [9.17, 15) is 8.42 Å². The van der Waals surface area contributed by atoms with Gasteiger partial charge in [0.25, 0.3) is 0 Å². The van der Waals surface area contributed by atoms with E-state index in [-0.39, 0.29) is 6.04 Å². The molecule has 0 unspecified atom stereocenters. The summed E-state index contributed by atoms with van der Waals surface area (Å²) in [5, 5.41) is 0. The monoisotopic (exact) mass is 325 g/mol. The third-order valence-electron chi connectivity index (χ3n) is 4.32. The van der Waals surface area contributed by atoms with Crippen molar-refractivity contribution in [1.29, 1.82) is 0 Å². The Hall–Kier alpha value is -1.07. The number of hydrogen-bond donors (Lipinski definition) is 1. The highest BCUT2D eigenvalue weighted by Crippen LogP contribution is 2.25. The average Bonchev–Trinajstić information content (AvgIpc) is 2.50. The summed E-state index contributed by atoms with van der Waals surface area (Å²) in [4.78, 5) is 0.313. The Kier molecular flexibility index (Phi) is 6.26. The van der Waals surface area contributed by atoms with Crippen molar-refractivity contribution < 1.29 is 13.2 Å². The van der Waals surface area contributed by atoms with Crippen LogP contribution in [0.25, 0.3) is 0 Å². The summed E-state index contributed by atoms with van der Waals surface area (Å²) >= 11 is 0. The van der Waals surface area contributed by atoms with Crippen LogP contribution in [0.1, 0.15) is 52.4 Å². The smallest absolute Gasteiger partial charge is 0.240 e. The van der Waals surface area contributed by atoms with Crippen molar-refractivity contribution >= 4 is 10.0 Å². The summed E-state index contributed by atoms with van der Waals surface area (Å²) in [7, 11) is -3.44. The van der Waals surface area contributed by atoms with E-state index >= 15 is 0 Å². The van der Waals surface area contributed by atoms with Crippen molar-refractivity contribution in [3.05, 3.63) is 24.3 Å². The second kappa shape index (κ2) is 7.97. The second-order valence-corrected chi connectivity index (χ2v) is 7.88. The largest absolute Gasteiger partial charge is 0.494 e. The SMILES string of the molecule is CCCCOc1ccc(S(=O)(=O)N[C@@H]2CCCC[C@H]2C)cc1. The van der Waals surface area contributed by atoms with Crippen molar-refractivity contribution in [2.45, 2.75) is 63.3 Å². The Balaban J connectivity index is 1.99. The van der Waals surface area contributed by atoms with E-state index in [1.165, 1.54) is 6.42 Å². The molecule has 0 saturated heterocycles. The fourth-order valence-electron chi connectivity index (χ4n) is 2.81. The first-order valence-corrected chi connectivity index (χ1v) is 9.76. The third kappa shape index (κ3) is 4.71. The van der Waals surface area contributed by atoms with Gasteiger partial charge in [0.1, 0.15) is 5.75 Å². The van der Waals surface area contributed by atoms with Gasteiger partial charge in [0.05, 0.1) is 11.5 Å². The maximum atomic E-state index is 12.5. The molecule has 2 atom stereocenters. The van der Waals surface area contributed by atoms with Gasteiger partial charge in [-0.2, -0.15) is 0 Å². The number of sulfonamides is 1. The van der Waals surface area contributed by atoms with Gasteiger partial charge in [-0.05, 0) is 49.4 Å². The van der Waals surface area contributed by atoms with Crippen molar-refractivity contribution in [1.82, 2.24) is 4.72 Å². The molecule has 0 aromatic heterocycles. The zero-order chi connectivity index (χ0) is 16.0. The summed E-state index contributed by atoms with van der Waals surface area (Å²) < 4.78 is 33.4. The molecule has 0 radical (unpaired) electrons. The quantitative estimate of drug-likeness (QED) is 0.777. The van der Waals surface area contributed by atoms with E-state index in [1.807, 2.05) is 0 Å². The molecule has 0 bridgehead atoms. The molecule has 5 heteroatoms. The summed E-state index contributed by atoms with van der Waals surface area (Å²) in [5.74, 6) is 1.12. The van der Waals surface area contributed by atoms with Gasteiger partial charge in [-0.1, -0.05) is 33.1 Å². The number of benzene rings is 1. The molecule has 4 nitrogen and oxygen atoms in total. The molecule has 22 heavy (non-hydrogen) atoms. The van der Waals surface area contributed by atoms with Crippen LogP contribution in [0, 0.1) is 5.92 Å². The molecule has 0 heterocycles. The van der Waals surface area contributed by atoms with E-state index in [4.69, 9.17) is 4.74 Å². The molecule has 1 aromatic carbocycles. The van der Waals surface area contributed by atoms with Crippen molar-refractivity contribution in [2.75, 3.05) is 6.61 Å². The predicted molar refractivity (Wildman–Crippen MR) is 88.6 cm³/mol. The highest BCUT2D eigenvalue weighted by Gasteiger charge is 2.26. The number of nitrogens with one attached hydrogen (secondary N) is 1. The van der Waals surface area contributed by atoms with Crippen LogP contribution in [-0.2, 0) is 10.0 Å². The lowest BCUT2D eigenvalue weighted by atomic mass is 9.87. The minimum Gasteiger partial charge on any atom is -0.494 e. The maximum Gasteiger partial charge on any atom is 0.240 e. The van der Waals surface area contributed by atoms with E-state index in [2.05, 4.69) is 18.6 Å². The molecular weight excluding hydrogens is 298 g/mol. The highest BCUT2D eigenvalue weighted by molar-refractivity contribution is 7.89. The van der Waals surface area contributed by atoms with E-state index in [0.29, 0.717) is 17.4 Å². The van der Waals surface area contributed by atoms with Gasteiger partial charge in [-0.25, -0.2) is 13.1 Å². The first-order chi connectivity index (χ1) is 10.5. The first kappa shape index (κ1) is 17.3. The Morgan fingerprint density at radius 1 is 1.18 bits per heavy atom. The fourth-order valence-corrected chi connectivity index (χ4v) is 4.19. The van der Waals surface area contributed by atoms with Gasteiger partial charge in [-0.3, -0.25) is 0 Å². The van der Waals surface area contributed by atoms with Crippen LogP contribution < -0.4 is 9.46 Å². The number of unbranched alkanes of at least 4 members (excludes halogenated alkanes) is 1. The first-order valence-electron chi connectivity index (χ1n) is 8.28. The fraction of sp³-hybridized carbons (Fsp3) is 0.647. The van der Waals surface area contributed by atoms with Crippen LogP contribution >= 0.6 is 0 Å². The van der Waals surface area contributed by atoms with Gasteiger partial charge in [0, 0.05) is 6.04 Å². The van der Waals surface area contributed by atoms with Crippen molar-refractivity contribution in [3.63, 3.8) is 0 Å². The van der Waals surface area contributed by atoms with Gasteiger partial charge in [0.15, 0.2) is 0 Å². The molecule has 0 spiro atoms. The van der Waals surface area contributed by atoms with Crippen LogP contribution in [0.2, 0.25) is 0 Å². The lowest BCUT2D eigenvalue weighted by Crippen LogP contribution is -2.40. The summed E-state index contributed by atoms with van der Waals surface area (Å²) in [6, 6.07) is 6.76. The van der Waals surface area contributed by atoms with Crippen molar-refractivity contribution in [2.24, 2.45) is 5.92 Å². The van der Waals surface area contributed by atoms with E-state index < -0.39 is 10.0 Å². The zero-order valence-electron chi connectivity index (χ0n) is 13.5. The zero-order valence-corrected chi connectivity index (χ0v) is 14.4. The number of hydrogen-bond acceptors (Lipinski definition) is 3. The molecule has 1 N–H and O–H groups in total. The summed E-state index contributed by atoms with van der Waals surface area (Å²) in [6.07, 6.45) is 6.40. The second-order valence-electron chi connectivity index (χ2n) is 6.16. The normalized spacial score (nSPS) is 22.5. The van der Waals surface area contributed by atoms with Crippen LogP contribution in [0.15, 0.2) is 29.2 Å². The van der Waals surface area contributed by atoms with Crippen molar-refractivity contribution in [3.8, 4) is 5.75 Å². The van der Waals surface area contributed by atoms with E-state index in [1.54, 1.807) is 24.3 Å². The molecule has 1 fully saturated rings. The van der Waals surface area contributed by atoms with Crippen LogP contribution in [0.3, 0.4) is 0 Å². The maximum absolute atomic E-state index is 12.5. The molecule has 1 aliphatic carbocycles. The van der Waals surface area contributed by atoms with Crippen LogP contribution in [-0.4, -0.2) is 21.1 Å². The molecule has 1 aromatic rings. The Morgan fingerprint density at radius 2 is 1.86 bits per heavy atom. The molecule has 0 aliphatic heterocycles. The third-order valence-corrected chi connectivity index (χ3v) is 5.82. The standard InChI is InChI=1S/C17H27NO3S/c1-3-4-13-21-15-9-11-16(12-10-15)22(19,20)18-17-8-6-5-7-14(17)2/h9-12,14,17-18H,3-8,13H2,1-2H3/t14-,17-/m1/s1. The predicted octanol–water partition coefficient (Wildman–Crippen LogP) is 3.72. The lowest BCUT2D eigenvalue weighted by Gasteiger charge is -2.29. The topological polar surface area (TPSA) is 55.4 Å². The molecular formula is C17H27NO3S. The van der Waals surface area contributed by atoms with E-state index in [0.717, 1.165) is 37.9 Å². The average molecular weight is 325 g/mol. The molecule has 2 rings (SSSR count). The Morgan fingerprint density at radius 3 is 2.50 bits per heavy atom. The summed E-state index contributed by atoms with van der Waals surface area (Å²) in [6.45, 7) is 4.90. The molecule has 124 valence electrons. The van der Waals surface area contributed by atoms with Gasteiger partial charge >= 0.3 is 0 Å². The molecule has 0 amide bonds.